The number of benzene rings is 2. The van der Waals surface area contributed by atoms with E-state index in [1.54, 1.807) is 0 Å². The summed E-state index contributed by atoms with van der Waals surface area (Å²) in [7, 11) is 0. The van der Waals surface area contributed by atoms with Gasteiger partial charge in [0.2, 0.25) is 5.91 Å². The summed E-state index contributed by atoms with van der Waals surface area (Å²) in [6.07, 6.45) is 1.93. The Hall–Kier alpha value is -3.47. The molecule has 1 amide bonds. The van der Waals surface area contributed by atoms with Crippen molar-refractivity contribution in [3.05, 3.63) is 102 Å². The Kier molecular flexibility index (Phi) is 5.38. The molecule has 0 aliphatic rings. The third-order valence-electron chi connectivity index (χ3n) is 5.11. The number of nitrogens with zero attached hydrogens (tertiary/aromatic N) is 3. The second-order valence-corrected chi connectivity index (χ2v) is 7.47. The molecule has 1 N–H and O–H groups in total. The normalized spacial score (nSPS) is 12.4. The van der Waals surface area contributed by atoms with E-state index in [-0.39, 0.29) is 17.9 Å². The van der Waals surface area contributed by atoms with Crippen LogP contribution in [0, 0.1) is 5.92 Å². The van der Waals surface area contributed by atoms with Gasteiger partial charge in [-0.1, -0.05) is 80.6 Å². The van der Waals surface area contributed by atoms with Crippen molar-refractivity contribution in [3.63, 3.8) is 0 Å². The standard InChI is InChI=1S/C24H24N4O/c1-17(2)22(23-27-26-20-15-9-10-16-28(20)23)25-24(29)21(18-11-5-3-6-12-18)19-13-7-4-8-14-19/h3-17,21-22H,1-2H3,(H,25,29)/t22-/m0/s1. The largest absolute Gasteiger partial charge is 0.345 e. The van der Waals surface area contributed by atoms with Crippen LogP contribution in [0.2, 0.25) is 0 Å². The lowest BCUT2D eigenvalue weighted by Gasteiger charge is -2.25. The molecule has 0 radical (unpaired) electrons. The van der Waals surface area contributed by atoms with Gasteiger partial charge in [-0.2, -0.15) is 0 Å². The summed E-state index contributed by atoms with van der Waals surface area (Å²) < 4.78 is 1.94. The van der Waals surface area contributed by atoms with Gasteiger partial charge in [0.25, 0.3) is 0 Å². The number of hydrogen-bond donors (Lipinski definition) is 1. The van der Waals surface area contributed by atoms with Crippen molar-refractivity contribution < 1.29 is 4.79 Å². The predicted octanol–water partition coefficient (Wildman–Crippen LogP) is 4.37. The minimum Gasteiger partial charge on any atom is -0.345 e. The highest BCUT2D eigenvalue weighted by Crippen LogP contribution is 2.28. The van der Waals surface area contributed by atoms with E-state index in [4.69, 9.17) is 0 Å². The Balaban J connectivity index is 1.70. The van der Waals surface area contributed by atoms with Crippen molar-refractivity contribution in [2.24, 2.45) is 5.92 Å². The van der Waals surface area contributed by atoms with Crippen LogP contribution in [-0.2, 0) is 4.79 Å². The van der Waals surface area contributed by atoms with Crippen LogP contribution in [0.5, 0.6) is 0 Å². The molecular formula is C24H24N4O. The second kappa shape index (κ2) is 8.27. The highest BCUT2D eigenvalue weighted by molar-refractivity contribution is 5.87. The van der Waals surface area contributed by atoms with Crippen molar-refractivity contribution in [2.75, 3.05) is 0 Å². The fourth-order valence-corrected chi connectivity index (χ4v) is 3.62. The fourth-order valence-electron chi connectivity index (χ4n) is 3.62. The zero-order valence-corrected chi connectivity index (χ0v) is 16.6. The van der Waals surface area contributed by atoms with Crippen LogP contribution in [0.4, 0.5) is 0 Å². The first-order chi connectivity index (χ1) is 14.1. The highest BCUT2D eigenvalue weighted by atomic mass is 16.2. The molecule has 0 bridgehead atoms. The second-order valence-electron chi connectivity index (χ2n) is 7.47. The van der Waals surface area contributed by atoms with Crippen LogP contribution < -0.4 is 5.32 Å². The maximum absolute atomic E-state index is 13.5. The molecule has 5 heteroatoms. The van der Waals surface area contributed by atoms with Gasteiger partial charge in [0.1, 0.15) is 0 Å². The average molecular weight is 384 g/mol. The summed E-state index contributed by atoms with van der Waals surface area (Å²) >= 11 is 0. The number of carbonyl (C=O) groups excluding carboxylic acids is 1. The van der Waals surface area contributed by atoms with E-state index in [0.29, 0.717) is 0 Å². The van der Waals surface area contributed by atoms with Gasteiger partial charge >= 0.3 is 0 Å². The molecule has 0 saturated carbocycles. The predicted molar refractivity (Wildman–Crippen MR) is 113 cm³/mol. The molecule has 0 unspecified atom stereocenters. The van der Waals surface area contributed by atoms with E-state index >= 15 is 0 Å². The van der Waals surface area contributed by atoms with E-state index in [2.05, 4.69) is 29.4 Å². The average Bonchev–Trinajstić information content (AvgIpc) is 3.17. The minimum atomic E-state index is -0.391. The number of pyridine rings is 1. The number of fused-ring (bicyclic) bond motifs is 1. The zero-order chi connectivity index (χ0) is 20.2. The Morgan fingerprint density at radius 3 is 2.00 bits per heavy atom. The SMILES string of the molecule is CC(C)[C@H](NC(=O)C(c1ccccc1)c1ccccc1)c1nnc2ccccn12. The van der Waals surface area contributed by atoms with E-state index in [0.717, 1.165) is 22.6 Å². The van der Waals surface area contributed by atoms with E-state index in [9.17, 15) is 4.79 Å². The summed E-state index contributed by atoms with van der Waals surface area (Å²) in [5.74, 6) is 0.453. The van der Waals surface area contributed by atoms with Crippen molar-refractivity contribution in [1.82, 2.24) is 19.9 Å². The summed E-state index contributed by atoms with van der Waals surface area (Å²) in [4.78, 5) is 13.5. The lowest BCUT2D eigenvalue weighted by molar-refractivity contribution is -0.122. The molecule has 2 heterocycles. The molecule has 5 nitrogen and oxygen atoms in total. The minimum absolute atomic E-state index is 0.0474. The molecule has 2 aromatic heterocycles. The van der Waals surface area contributed by atoms with E-state index < -0.39 is 5.92 Å². The van der Waals surface area contributed by atoms with Gasteiger partial charge in [0.05, 0.1) is 12.0 Å². The highest BCUT2D eigenvalue weighted by Gasteiger charge is 2.29. The molecule has 146 valence electrons. The van der Waals surface area contributed by atoms with Gasteiger partial charge in [-0.15, -0.1) is 10.2 Å². The van der Waals surface area contributed by atoms with E-state index in [1.165, 1.54) is 0 Å². The van der Waals surface area contributed by atoms with Crippen molar-refractivity contribution in [1.29, 1.82) is 0 Å². The van der Waals surface area contributed by atoms with Crippen LogP contribution in [0.15, 0.2) is 85.1 Å². The fraction of sp³-hybridized carbons (Fsp3) is 0.208. The molecule has 4 aromatic rings. The van der Waals surface area contributed by atoms with Gasteiger partial charge in [0.15, 0.2) is 11.5 Å². The Morgan fingerprint density at radius 1 is 0.828 bits per heavy atom. The van der Waals surface area contributed by atoms with Gasteiger partial charge in [0, 0.05) is 6.20 Å². The molecule has 0 fully saturated rings. The first kappa shape index (κ1) is 18.9. The van der Waals surface area contributed by atoms with Crippen molar-refractivity contribution in [2.45, 2.75) is 25.8 Å². The molecule has 0 aliphatic heterocycles. The van der Waals surface area contributed by atoms with Gasteiger partial charge in [-0.25, -0.2) is 0 Å². The zero-order valence-electron chi connectivity index (χ0n) is 16.6. The summed E-state index contributed by atoms with van der Waals surface area (Å²) in [5.41, 5.74) is 2.69. The number of hydrogen-bond acceptors (Lipinski definition) is 3. The molecule has 1 atom stereocenters. The quantitative estimate of drug-likeness (QED) is 0.537. The molecule has 0 aliphatic carbocycles. The number of carbonyl (C=O) groups is 1. The third-order valence-corrected chi connectivity index (χ3v) is 5.11. The van der Waals surface area contributed by atoms with Crippen LogP contribution in [0.25, 0.3) is 5.65 Å². The number of amides is 1. The van der Waals surface area contributed by atoms with Crippen LogP contribution >= 0.6 is 0 Å². The molecule has 2 aromatic carbocycles. The van der Waals surface area contributed by atoms with Gasteiger partial charge in [-0.3, -0.25) is 9.20 Å². The maximum atomic E-state index is 13.5. The summed E-state index contributed by atoms with van der Waals surface area (Å²) in [5, 5.41) is 11.9. The lowest BCUT2D eigenvalue weighted by atomic mass is 9.89. The Morgan fingerprint density at radius 2 is 1.41 bits per heavy atom. The smallest absolute Gasteiger partial charge is 0.232 e. The number of rotatable bonds is 6. The molecule has 0 saturated heterocycles. The maximum Gasteiger partial charge on any atom is 0.232 e. The van der Waals surface area contributed by atoms with Crippen molar-refractivity contribution in [3.8, 4) is 0 Å². The first-order valence-corrected chi connectivity index (χ1v) is 9.85. The Labute approximate surface area is 170 Å². The first-order valence-electron chi connectivity index (χ1n) is 9.85. The molecule has 29 heavy (non-hydrogen) atoms. The number of nitrogens with one attached hydrogen (secondary N) is 1. The van der Waals surface area contributed by atoms with Crippen LogP contribution in [0.3, 0.4) is 0 Å². The topological polar surface area (TPSA) is 59.3 Å². The monoisotopic (exact) mass is 384 g/mol. The molecule has 4 rings (SSSR count). The lowest BCUT2D eigenvalue weighted by Crippen LogP contribution is -2.36. The number of aromatic nitrogens is 3. The molecule has 0 spiro atoms. The van der Waals surface area contributed by atoms with E-state index in [1.807, 2.05) is 89.5 Å². The third kappa shape index (κ3) is 3.90. The van der Waals surface area contributed by atoms with Gasteiger partial charge in [-0.05, 0) is 29.2 Å². The Bertz CT molecular complexity index is 1050. The summed E-state index contributed by atoms with van der Waals surface area (Å²) in [6, 6.07) is 25.3. The van der Waals surface area contributed by atoms with Crippen LogP contribution in [-0.4, -0.2) is 20.5 Å². The van der Waals surface area contributed by atoms with Crippen LogP contribution in [0.1, 0.15) is 42.8 Å². The van der Waals surface area contributed by atoms with Gasteiger partial charge < -0.3 is 5.32 Å². The van der Waals surface area contributed by atoms with Crippen molar-refractivity contribution >= 4 is 11.6 Å². The molecular weight excluding hydrogens is 360 g/mol. The summed E-state index contributed by atoms with van der Waals surface area (Å²) in [6.45, 7) is 4.16.